The number of carbonyl (C=O) groups excluding carboxylic acids is 1. The number of ketones is 1. The number of hydrogen-bond acceptors (Lipinski definition) is 2. The number of Topliss-reactive ketones (excluding diaryl/α,β-unsaturated/α-hetero) is 1. The molecule has 0 fully saturated rings. The van der Waals surface area contributed by atoms with Crippen molar-refractivity contribution >= 4 is 43.7 Å². The molecule has 1 heterocycles. The van der Waals surface area contributed by atoms with Crippen molar-refractivity contribution in [1.82, 2.24) is 0 Å². The maximum Gasteiger partial charge on any atom is 0.161 e. The molecule has 1 aliphatic heterocycles. The van der Waals surface area contributed by atoms with Crippen LogP contribution in [0.25, 0.3) is 16.3 Å². The predicted octanol–water partition coefficient (Wildman–Crippen LogP) is 6.52. The zero-order valence-corrected chi connectivity index (χ0v) is 16.7. The highest BCUT2D eigenvalue weighted by molar-refractivity contribution is 9.10. The molecule has 0 radical (unpaired) electrons. The molecule has 1 aliphatic carbocycles. The summed E-state index contributed by atoms with van der Waals surface area (Å²) >= 11 is 3.51. The summed E-state index contributed by atoms with van der Waals surface area (Å²) in [4.78, 5) is 13.1. The lowest BCUT2D eigenvalue weighted by molar-refractivity contribution is -0.116. The number of hydrogen-bond donors (Lipinski definition) is 1. The summed E-state index contributed by atoms with van der Waals surface area (Å²) in [5, 5.41) is 6.12. The topological polar surface area (TPSA) is 29.1 Å². The SMILES string of the molecule is C[C@@H]1CC(=O)C2=C(C1)c1c(ccc3ccccc13)N[C@H]2c1ccc(Br)cc1. The Bertz CT molecular complexity index is 1100. The van der Waals surface area contributed by atoms with Crippen molar-refractivity contribution < 1.29 is 4.79 Å². The van der Waals surface area contributed by atoms with Gasteiger partial charge in [0.15, 0.2) is 5.78 Å². The van der Waals surface area contributed by atoms with E-state index in [0.29, 0.717) is 12.3 Å². The van der Waals surface area contributed by atoms with Gasteiger partial charge in [0.2, 0.25) is 0 Å². The second kappa shape index (κ2) is 6.35. The van der Waals surface area contributed by atoms with Crippen LogP contribution in [0.1, 0.15) is 36.9 Å². The third kappa shape index (κ3) is 2.72. The predicted molar refractivity (Wildman–Crippen MR) is 115 cm³/mol. The Morgan fingerprint density at radius 2 is 1.74 bits per heavy atom. The highest BCUT2D eigenvalue weighted by Crippen LogP contribution is 2.49. The number of nitrogens with one attached hydrogen (secondary N) is 1. The van der Waals surface area contributed by atoms with Gasteiger partial charge in [-0.3, -0.25) is 4.79 Å². The van der Waals surface area contributed by atoms with E-state index < -0.39 is 0 Å². The summed E-state index contributed by atoms with van der Waals surface area (Å²) in [6.07, 6.45) is 1.59. The maximum atomic E-state index is 13.1. The Labute approximate surface area is 167 Å². The van der Waals surface area contributed by atoms with Gasteiger partial charge in [0.05, 0.1) is 6.04 Å². The molecule has 5 rings (SSSR count). The number of anilines is 1. The Hall–Kier alpha value is -2.39. The summed E-state index contributed by atoms with van der Waals surface area (Å²) in [6.45, 7) is 2.18. The van der Waals surface area contributed by atoms with Gasteiger partial charge in [-0.2, -0.15) is 0 Å². The fourth-order valence-electron chi connectivity index (χ4n) is 4.55. The molecule has 0 unspecified atom stereocenters. The van der Waals surface area contributed by atoms with Crippen LogP contribution < -0.4 is 5.32 Å². The van der Waals surface area contributed by atoms with E-state index in [1.165, 1.54) is 21.9 Å². The summed E-state index contributed by atoms with van der Waals surface area (Å²) in [6, 6.07) is 21.0. The van der Waals surface area contributed by atoms with Crippen molar-refractivity contribution in [3.05, 3.63) is 81.8 Å². The average molecular weight is 418 g/mol. The molecule has 3 aromatic rings. The lowest BCUT2D eigenvalue weighted by Crippen LogP contribution is -2.29. The zero-order chi connectivity index (χ0) is 18.5. The van der Waals surface area contributed by atoms with Crippen molar-refractivity contribution in [1.29, 1.82) is 0 Å². The molecule has 134 valence electrons. The van der Waals surface area contributed by atoms with Gasteiger partial charge < -0.3 is 5.32 Å². The average Bonchev–Trinajstić information content (AvgIpc) is 2.67. The minimum Gasteiger partial charge on any atom is -0.373 e. The van der Waals surface area contributed by atoms with E-state index in [1.807, 2.05) is 12.1 Å². The van der Waals surface area contributed by atoms with E-state index in [-0.39, 0.29) is 11.8 Å². The van der Waals surface area contributed by atoms with E-state index in [1.54, 1.807) is 0 Å². The molecule has 0 saturated carbocycles. The van der Waals surface area contributed by atoms with Gasteiger partial charge >= 0.3 is 0 Å². The highest BCUT2D eigenvalue weighted by Gasteiger charge is 2.36. The summed E-state index contributed by atoms with van der Waals surface area (Å²) in [5.41, 5.74) is 5.67. The van der Waals surface area contributed by atoms with Gasteiger partial charge in [-0.05, 0) is 52.4 Å². The van der Waals surface area contributed by atoms with Crippen LogP contribution in [0.15, 0.2) is 70.7 Å². The Balaban J connectivity index is 1.78. The second-order valence-corrected chi connectivity index (χ2v) is 8.58. The lowest BCUT2D eigenvalue weighted by atomic mass is 9.74. The number of halogens is 1. The highest BCUT2D eigenvalue weighted by atomic mass is 79.9. The smallest absolute Gasteiger partial charge is 0.161 e. The molecule has 3 heteroatoms. The molecule has 0 amide bonds. The second-order valence-electron chi connectivity index (χ2n) is 7.67. The fourth-order valence-corrected chi connectivity index (χ4v) is 4.81. The van der Waals surface area contributed by atoms with E-state index in [4.69, 9.17) is 0 Å². The summed E-state index contributed by atoms with van der Waals surface area (Å²) in [5.74, 6) is 0.662. The minimum absolute atomic E-state index is 0.0817. The third-order valence-corrected chi connectivity index (χ3v) is 6.26. The van der Waals surface area contributed by atoms with E-state index in [9.17, 15) is 4.79 Å². The molecular weight excluding hydrogens is 398 g/mol. The first-order valence-electron chi connectivity index (χ1n) is 9.42. The first kappa shape index (κ1) is 16.8. The maximum absolute atomic E-state index is 13.1. The van der Waals surface area contributed by atoms with E-state index in [2.05, 4.69) is 76.7 Å². The molecule has 0 aromatic heterocycles. The number of fused-ring (bicyclic) bond motifs is 4. The molecule has 2 nitrogen and oxygen atoms in total. The van der Waals surface area contributed by atoms with Crippen LogP contribution in [0, 0.1) is 5.92 Å². The van der Waals surface area contributed by atoms with Crippen LogP contribution >= 0.6 is 15.9 Å². The molecule has 2 aliphatic rings. The molecule has 0 saturated heterocycles. The van der Waals surface area contributed by atoms with Crippen LogP contribution in [-0.4, -0.2) is 5.78 Å². The Morgan fingerprint density at radius 3 is 2.56 bits per heavy atom. The summed E-state index contributed by atoms with van der Waals surface area (Å²) < 4.78 is 1.05. The van der Waals surface area contributed by atoms with Gasteiger partial charge in [0, 0.05) is 27.7 Å². The lowest BCUT2D eigenvalue weighted by Gasteiger charge is -2.36. The normalized spacial score (nSPS) is 21.6. The minimum atomic E-state index is -0.0817. The number of carbonyl (C=O) groups is 1. The quantitative estimate of drug-likeness (QED) is 0.487. The van der Waals surface area contributed by atoms with Gasteiger partial charge in [0.1, 0.15) is 0 Å². The van der Waals surface area contributed by atoms with Gasteiger partial charge in [-0.15, -0.1) is 0 Å². The molecule has 27 heavy (non-hydrogen) atoms. The van der Waals surface area contributed by atoms with Crippen molar-refractivity contribution in [2.24, 2.45) is 5.92 Å². The Kier molecular flexibility index (Phi) is 3.94. The number of benzene rings is 3. The van der Waals surface area contributed by atoms with Crippen molar-refractivity contribution in [2.45, 2.75) is 25.8 Å². The molecular formula is C24H20BrNO. The number of allylic oxidation sites excluding steroid dienone is 1. The molecule has 0 bridgehead atoms. The van der Waals surface area contributed by atoms with Crippen molar-refractivity contribution in [2.75, 3.05) is 5.32 Å². The number of rotatable bonds is 1. The monoisotopic (exact) mass is 417 g/mol. The first-order chi connectivity index (χ1) is 13.1. The van der Waals surface area contributed by atoms with Gasteiger partial charge in [-0.25, -0.2) is 0 Å². The van der Waals surface area contributed by atoms with Crippen LogP contribution in [0.5, 0.6) is 0 Å². The van der Waals surface area contributed by atoms with Gasteiger partial charge in [-0.1, -0.05) is 65.3 Å². The van der Waals surface area contributed by atoms with Crippen molar-refractivity contribution in [3.8, 4) is 0 Å². The van der Waals surface area contributed by atoms with Gasteiger partial charge in [0.25, 0.3) is 0 Å². The Morgan fingerprint density at radius 1 is 0.963 bits per heavy atom. The molecule has 2 atom stereocenters. The van der Waals surface area contributed by atoms with E-state index in [0.717, 1.165) is 27.7 Å². The zero-order valence-electron chi connectivity index (χ0n) is 15.1. The first-order valence-corrected chi connectivity index (χ1v) is 10.2. The van der Waals surface area contributed by atoms with Crippen LogP contribution in [0.3, 0.4) is 0 Å². The van der Waals surface area contributed by atoms with Crippen molar-refractivity contribution in [3.63, 3.8) is 0 Å². The largest absolute Gasteiger partial charge is 0.373 e. The molecule has 3 aromatic carbocycles. The van der Waals surface area contributed by atoms with E-state index >= 15 is 0 Å². The molecule has 1 N–H and O–H groups in total. The molecule has 0 spiro atoms. The standard InChI is InChI=1S/C24H20BrNO/c1-14-12-19-22-18-5-3-2-4-15(18)8-11-20(22)26-24(23(19)21(27)13-14)16-6-9-17(25)10-7-16/h2-11,14,24,26H,12-13H2,1H3/t14-,24-/m0/s1. The fraction of sp³-hybridized carbons (Fsp3) is 0.208. The third-order valence-electron chi connectivity index (χ3n) is 5.73. The van der Waals surface area contributed by atoms with Crippen LogP contribution in [0.4, 0.5) is 5.69 Å². The summed E-state index contributed by atoms with van der Waals surface area (Å²) in [7, 11) is 0. The van der Waals surface area contributed by atoms with Crippen LogP contribution in [-0.2, 0) is 4.79 Å². The van der Waals surface area contributed by atoms with Crippen LogP contribution in [0.2, 0.25) is 0 Å².